The predicted octanol–water partition coefficient (Wildman–Crippen LogP) is 5.50. The van der Waals surface area contributed by atoms with Crippen molar-refractivity contribution in [2.45, 2.75) is 32.4 Å². The number of aromatic nitrogens is 1. The molecule has 160 valence electrons. The lowest BCUT2D eigenvalue weighted by atomic mass is 10.0. The molecule has 0 spiro atoms. The van der Waals surface area contributed by atoms with E-state index in [0.717, 1.165) is 44.5 Å². The second kappa shape index (κ2) is 8.20. The van der Waals surface area contributed by atoms with Gasteiger partial charge in [0.05, 0.1) is 29.3 Å². The van der Waals surface area contributed by atoms with Crippen LogP contribution in [-0.4, -0.2) is 34.9 Å². The van der Waals surface area contributed by atoms with Gasteiger partial charge < -0.3 is 4.57 Å². The third-order valence-corrected chi connectivity index (χ3v) is 5.88. The van der Waals surface area contributed by atoms with Gasteiger partial charge in [0.15, 0.2) is 5.78 Å². The molecule has 4 nitrogen and oxygen atoms in total. The van der Waals surface area contributed by atoms with Gasteiger partial charge in [-0.3, -0.25) is 9.69 Å². The lowest BCUT2D eigenvalue weighted by Crippen LogP contribution is -2.34. The lowest BCUT2D eigenvalue weighted by molar-refractivity contribution is -0.137. The number of alkyl halides is 3. The second-order valence-corrected chi connectivity index (χ2v) is 7.94. The number of ketones is 1. The van der Waals surface area contributed by atoms with Crippen molar-refractivity contribution in [1.82, 2.24) is 9.47 Å². The molecule has 1 aromatic heterocycles. The Kier molecular flexibility index (Phi) is 5.59. The van der Waals surface area contributed by atoms with Gasteiger partial charge in [-0.1, -0.05) is 12.5 Å². The van der Waals surface area contributed by atoms with Crippen LogP contribution in [0.3, 0.4) is 0 Å². The fraction of sp³-hybridized carbons (Fsp3) is 0.333. The van der Waals surface area contributed by atoms with Crippen molar-refractivity contribution in [3.8, 4) is 11.8 Å². The highest BCUT2D eigenvalue weighted by molar-refractivity contribution is 6.11. The number of Topliss-reactive ketones (excluding diaryl/α,β-unsaturated/α-hetero) is 1. The molecule has 2 heterocycles. The largest absolute Gasteiger partial charge is 0.416 e. The first-order valence-electron chi connectivity index (χ1n) is 10.3. The Bertz CT molecular complexity index is 1160. The normalized spacial score (nSPS) is 15.2. The summed E-state index contributed by atoms with van der Waals surface area (Å²) in [5, 5.41) is 9.56. The van der Waals surface area contributed by atoms with Crippen LogP contribution in [-0.2, 0) is 6.18 Å². The van der Waals surface area contributed by atoms with Crippen molar-refractivity contribution in [2.75, 3.05) is 19.6 Å². The number of carbonyl (C=O) groups excluding carboxylic acids is 1. The van der Waals surface area contributed by atoms with E-state index in [-0.39, 0.29) is 12.3 Å². The topological polar surface area (TPSA) is 49.0 Å². The number of carbonyl (C=O) groups is 1. The summed E-state index contributed by atoms with van der Waals surface area (Å²) < 4.78 is 41.9. The molecule has 0 aliphatic carbocycles. The fourth-order valence-corrected chi connectivity index (χ4v) is 4.36. The highest BCUT2D eigenvalue weighted by atomic mass is 19.4. The van der Waals surface area contributed by atoms with Gasteiger partial charge in [0.1, 0.15) is 0 Å². The quantitative estimate of drug-likeness (QED) is 0.519. The third kappa shape index (κ3) is 4.08. The summed E-state index contributed by atoms with van der Waals surface area (Å²) in [6.45, 7) is 3.73. The van der Waals surface area contributed by atoms with E-state index in [9.17, 15) is 18.0 Å². The highest BCUT2D eigenvalue weighted by Gasteiger charge is 2.32. The van der Waals surface area contributed by atoms with Crippen LogP contribution in [0.1, 0.15) is 46.4 Å². The zero-order chi connectivity index (χ0) is 22.2. The van der Waals surface area contributed by atoms with Crippen LogP contribution < -0.4 is 0 Å². The van der Waals surface area contributed by atoms with E-state index in [4.69, 9.17) is 5.26 Å². The minimum absolute atomic E-state index is 0.0865. The summed E-state index contributed by atoms with van der Waals surface area (Å²) in [6.07, 6.45) is -1.23. The molecular weight excluding hydrogens is 403 g/mol. The molecule has 4 rings (SSSR count). The minimum atomic E-state index is -4.49. The van der Waals surface area contributed by atoms with Gasteiger partial charge in [0.2, 0.25) is 0 Å². The van der Waals surface area contributed by atoms with Crippen LogP contribution in [0.2, 0.25) is 0 Å². The average molecular weight is 425 g/mol. The van der Waals surface area contributed by atoms with Crippen molar-refractivity contribution in [3.05, 3.63) is 64.8 Å². The van der Waals surface area contributed by atoms with Crippen LogP contribution in [0.25, 0.3) is 16.6 Å². The number of benzene rings is 2. The zero-order valence-corrected chi connectivity index (χ0v) is 17.2. The lowest BCUT2D eigenvalue weighted by Gasteiger charge is -2.25. The number of halogens is 3. The molecule has 0 unspecified atom stereocenters. The van der Waals surface area contributed by atoms with Gasteiger partial charge in [-0.25, -0.2) is 0 Å². The van der Waals surface area contributed by atoms with E-state index in [2.05, 4.69) is 4.90 Å². The van der Waals surface area contributed by atoms with E-state index in [1.807, 2.05) is 6.07 Å². The monoisotopic (exact) mass is 425 g/mol. The maximum atomic E-state index is 13.4. The summed E-state index contributed by atoms with van der Waals surface area (Å²) in [5.74, 6) is -0.0865. The molecule has 31 heavy (non-hydrogen) atoms. The molecule has 0 radical (unpaired) electrons. The molecule has 2 aromatic carbocycles. The van der Waals surface area contributed by atoms with Gasteiger partial charge in [0.25, 0.3) is 0 Å². The van der Waals surface area contributed by atoms with Crippen LogP contribution in [0.5, 0.6) is 0 Å². The molecule has 1 fully saturated rings. The Morgan fingerprint density at radius 3 is 2.35 bits per heavy atom. The van der Waals surface area contributed by atoms with Crippen molar-refractivity contribution in [1.29, 1.82) is 5.26 Å². The van der Waals surface area contributed by atoms with Crippen molar-refractivity contribution in [2.24, 2.45) is 0 Å². The van der Waals surface area contributed by atoms with E-state index < -0.39 is 11.7 Å². The van der Waals surface area contributed by atoms with E-state index in [0.29, 0.717) is 33.4 Å². The smallest absolute Gasteiger partial charge is 0.313 e. The maximum Gasteiger partial charge on any atom is 0.416 e. The second-order valence-electron chi connectivity index (χ2n) is 7.94. The van der Waals surface area contributed by atoms with Gasteiger partial charge in [-0.15, -0.1) is 0 Å². The van der Waals surface area contributed by atoms with Crippen LogP contribution in [0.15, 0.2) is 42.5 Å². The molecule has 0 N–H and O–H groups in total. The Labute approximate surface area is 178 Å². The van der Waals surface area contributed by atoms with E-state index in [1.54, 1.807) is 35.8 Å². The first-order valence-corrected chi connectivity index (χ1v) is 10.3. The standard InChI is InChI=1S/C24H22F3N3O/c1-16-23(22(31)15-29-11-3-2-4-12-29)20-10-7-18(24(25,26)27)13-21(20)30(16)19-8-5-17(14-28)6-9-19/h5-10,13H,2-4,11-12,15H2,1H3. The molecule has 0 amide bonds. The van der Waals surface area contributed by atoms with Crippen molar-refractivity contribution < 1.29 is 18.0 Å². The number of nitrogens with zero attached hydrogens (tertiary/aromatic N) is 3. The first kappa shape index (κ1) is 21.1. The molecule has 1 aliphatic rings. The van der Waals surface area contributed by atoms with Crippen molar-refractivity contribution in [3.63, 3.8) is 0 Å². The SMILES string of the molecule is Cc1c(C(=O)CN2CCCCC2)c2ccc(C(F)(F)F)cc2n1-c1ccc(C#N)cc1. The number of nitriles is 1. The van der Waals surface area contributed by atoms with Crippen LogP contribution >= 0.6 is 0 Å². The fourth-order valence-electron chi connectivity index (χ4n) is 4.36. The first-order chi connectivity index (χ1) is 14.8. The molecule has 0 atom stereocenters. The summed E-state index contributed by atoms with van der Waals surface area (Å²) in [7, 11) is 0. The number of hydrogen-bond acceptors (Lipinski definition) is 3. The summed E-state index contributed by atoms with van der Waals surface area (Å²) in [6, 6.07) is 12.2. The van der Waals surface area contributed by atoms with Gasteiger partial charge >= 0.3 is 6.18 Å². The number of fused-ring (bicyclic) bond motifs is 1. The predicted molar refractivity (Wildman–Crippen MR) is 112 cm³/mol. The minimum Gasteiger partial charge on any atom is -0.313 e. The Morgan fingerprint density at radius 2 is 1.74 bits per heavy atom. The Morgan fingerprint density at radius 1 is 1.06 bits per heavy atom. The molecule has 0 saturated carbocycles. The van der Waals surface area contributed by atoms with Crippen molar-refractivity contribution >= 4 is 16.7 Å². The number of hydrogen-bond donors (Lipinski definition) is 0. The molecular formula is C24H22F3N3O. The van der Waals surface area contributed by atoms with Gasteiger partial charge in [0, 0.05) is 22.3 Å². The van der Waals surface area contributed by atoms with E-state index >= 15 is 0 Å². The Balaban J connectivity index is 1.86. The van der Waals surface area contributed by atoms with Gasteiger partial charge in [-0.2, -0.15) is 18.4 Å². The maximum absolute atomic E-state index is 13.4. The van der Waals surface area contributed by atoms with Crippen LogP contribution in [0.4, 0.5) is 13.2 Å². The van der Waals surface area contributed by atoms with E-state index in [1.165, 1.54) is 6.07 Å². The third-order valence-electron chi connectivity index (χ3n) is 5.88. The molecule has 0 bridgehead atoms. The molecule has 1 aliphatic heterocycles. The molecule has 1 saturated heterocycles. The number of piperidine rings is 1. The molecule has 7 heteroatoms. The molecule has 3 aromatic rings. The summed E-state index contributed by atoms with van der Waals surface area (Å²) in [5.41, 5.74) is 1.69. The number of rotatable bonds is 4. The zero-order valence-electron chi connectivity index (χ0n) is 17.2. The summed E-state index contributed by atoms with van der Waals surface area (Å²) in [4.78, 5) is 15.4. The average Bonchev–Trinajstić information content (AvgIpc) is 3.05. The van der Waals surface area contributed by atoms with Crippen LogP contribution in [0, 0.1) is 18.3 Å². The number of likely N-dealkylation sites (tertiary alicyclic amines) is 1. The Hall–Kier alpha value is -3.11. The highest BCUT2D eigenvalue weighted by Crippen LogP contribution is 2.36. The summed E-state index contributed by atoms with van der Waals surface area (Å²) >= 11 is 0. The van der Waals surface area contributed by atoms with Gasteiger partial charge in [-0.05, 0) is 69.3 Å².